The third-order valence-electron chi connectivity index (χ3n) is 2.11. The number of nitrogens with one attached hydrogen (secondary N) is 2. The van der Waals surface area contributed by atoms with E-state index in [1.807, 2.05) is 0 Å². The van der Waals surface area contributed by atoms with E-state index in [1.54, 1.807) is 26.0 Å². The maximum Gasteiger partial charge on any atom is 0.231 e. The SMILES string of the molecule is CNC(=O)CCN(C)c1nc(Cl)nc(NC)n1. The van der Waals surface area contributed by atoms with Gasteiger partial charge < -0.3 is 15.5 Å². The Morgan fingerprint density at radius 2 is 2.06 bits per heavy atom. The summed E-state index contributed by atoms with van der Waals surface area (Å²) in [6.07, 6.45) is 0.366. The quantitative estimate of drug-likeness (QED) is 0.782. The smallest absolute Gasteiger partial charge is 0.231 e. The van der Waals surface area contributed by atoms with E-state index in [2.05, 4.69) is 25.6 Å². The highest BCUT2D eigenvalue weighted by atomic mass is 35.5. The highest BCUT2D eigenvalue weighted by molar-refractivity contribution is 6.28. The molecule has 0 aliphatic rings. The minimum atomic E-state index is -0.0363. The molecule has 0 aliphatic heterocycles. The lowest BCUT2D eigenvalue weighted by molar-refractivity contribution is -0.120. The summed E-state index contributed by atoms with van der Waals surface area (Å²) < 4.78 is 0. The molecule has 1 aromatic rings. The van der Waals surface area contributed by atoms with Crippen molar-refractivity contribution in [3.63, 3.8) is 0 Å². The predicted molar refractivity (Wildman–Crippen MR) is 66.3 cm³/mol. The van der Waals surface area contributed by atoms with Crippen LogP contribution in [0.3, 0.4) is 0 Å². The van der Waals surface area contributed by atoms with Crippen LogP contribution in [0.15, 0.2) is 0 Å². The second-order valence-electron chi connectivity index (χ2n) is 3.32. The van der Waals surface area contributed by atoms with E-state index in [0.29, 0.717) is 24.9 Å². The van der Waals surface area contributed by atoms with Gasteiger partial charge in [0.15, 0.2) is 0 Å². The van der Waals surface area contributed by atoms with Gasteiger partial charge in [0.1, 0.15) is 0 Å². The zero-order chi connectivity index (χ0) is 12.8. The molecule has 1 rings (SSSR count). The lowest BCUT2D eigenvalue weighted by Gasteiger charge is -2.16. The number of carbonyl (C=O) groups is 1. The molecule has 0 aliphatic carbocycles. The van der Waals surface area contributed by atoms with Crippen molar-refractivity contribution in [2.24, 2.45) is 0 Å². The molecule has 0 saturated heterocycles. The molecule has 1 heterocycles. The first-order valence-corrected chi connectivity index (χ1v) is 5.45. The molecule has 2 N–H and O–H groups in total. The minimum Gasteiger partial charge on any atom is -0.359 e. The van der Waals surface area contributed by atoms with E-state index in [9.17, 15) is 4.79 Å². The molecule has 0 radical (unpaired) electrons. The van der Waals surface area contributed by atoms with Crippen LogP contribution in [0, 0.1) is 0 Å². The van der Waals surface area contributed by atoms with E-state index in [-0.39, 0.29) is 11.2 Å². The van der Waals surface area contributed by atoms with Crippen molar-refractivity contribution in [1.29, 1.82) is 0 Å². The van der Waals surface area contributed by atoms with Gasteiger partial charge in [0.25, 0.3) is 0 Å². The van der Waals surface area contributed by atoms with Crippen LogP contribution in [-0.2, 0) is 4.79 Å². The molecule has 94 valence electrons. The summed E-state index contributed by atoms with van der Waals surface area (Å²) in [4.78, 5) is 24.8. The number of amides is 1. The second-order valence-corrected chi connectivity index (χ2v) is 3.66. The summed E-state index contributed by atoms with van der Waals surface area (Å²) in [5.74, 6) is 0.788. The summed E-state index contributed by atoms with van der Waals surface area (Å²) in [6, 6.07) is 0. The fourth-order valence-corrected chi connectivity index (χ4v) is 1.27. The summed E-state index contributed by atoms with van der Waals surface area (Å²) in [5, 5.41) is 5.45. The fraction of sp³-hybridized carbons (Fsp3) is 0.556. The van der Waals surface area contributed by atoms with Crippen LogP contribution in [0.1, 0.15) is 6.42 Å². The topological polar surface area (TPSA) is 83.0 Å². The maximum absolute atomic E-state index is 11.1. The van der Waals surface area contributed by atoms with E-state index >= 15 is 0 Å². The van der Waals surface area contributed by atoms with Gasteiger partial charge in [-0.25, -0.2) is 0 Å². The number of carbonyl (C=O) groups excluding carboxylic acids is 1. The average molecular weight is 259 g/mol. The normalized spacial score (nSPS) is 9.88. The molecule has 0 saturated carbocycles. The van der Waals surface area contributed by atoms with Gasteiger partial charge in [-0.2, -0.15) is 15.0 Å². The summed E-state index contributed by atoms with van der Waals surface area (Å²) >= 11 is 5.75. The van der Waals surface area contributed by atoms with Crippen LogP contribution in [0.25, 0.3) is 0 Å². The van der Waals surface area contributed by atoms with Gasteiger partial charge in [-0.05, 0) is 11.6 Å². The van der Waals surface area contributed by atoms with Gasteiger partial charge in [0.05, 0.1) is 0 Å². The molecule has 0 aromatic carbocycles. The van der Waals surface area contributed by atoms with E-state index < -0.39 is 0 Å². The lowest BCUT2D eigenvalue weighted by Crippen LogP contribution is -2.27. The average Bonchev–Trinajstić information content (AvgIpc) is 2.34. The van der Waals surface area contributed by atoms with Crippen molar-refractivity contribution in [3.05, 3.63) is 5.28 Å². The van der Waals surface area contributed by atoms with Crippen molar-refractivity contribution in [1.82, 2.24) is 20.3 Å². The number of aromatic nitrogens is 3. The summed E-state index contributed by atoms with van der Waals surface area (Å²) in [5.41, 5.74) is 0. The Labute approximate surface area is 105 Å². The van der Waals surface area contributed by atoms with Gasteiger partial charge in [-0.1, -0.05) is 0 Å². The highest BCUT2D eigenvalue weighted by Gasteiger charge is 2.09. The van der Waals surface area contributed by atoms with Crippen molar-refractivity contribution in [2.45, 2.75) is 6.42 Å². The van der Waals surface area contributed by atoms with Gasteiger partial charge in [-0.15, -0.1) is 0 Å². The number of hydrogen-bond acceptors (Lipinski definition) is 6. The minimum absolute atomic E-state index is 0.0363. The third kappa shape index (κ3) is 4.03. The van der Waals surface area contributed by atoms with Crippen molar-refractivity contribution in [3.8, 4) is 0 Å². The Morgan fingerprint density at radius 3 is 2.65 bits per heavy atom. The van der Waals surface area contributed by atoms with Crippen LogP contribution in [0.2, 0.25) is 5.28 Å². The molecule has 8 heteroatoms. The Bertz CT molecular complexity index is 399. The molecule has 1 aromatic heterocycles. The van der Waals surface area contributed by atoms with E-state index in [1.165, 1.54) is 0 Å². The molecule has 17 heavy (non-hydrogen) atoms. The number of halogens is 1. The Morgan fingerprint density at radius 1 is 1.35 bits per heavy atom. The first-order valence-electron chi connectivity index (χ1n) is 5.08. The Balaban J connectivity index is 2.71. The van der Waals surface area contributed by atoms with Crippen LogP contribution in [0.4, 0.5) is 11.9 Å². The monoisotopic (exact) mass is 258 g/mol. The maximum atomic E-state index is 11.1. The molecule has 1 amide bonds. The van der Waals surface area contributed by atoms with Crippen LogP contribution >= 0.6 is 11.6 Å². The third-order valence-corrected chi connectivity index (χ3v) is 2.28. The van der Waals surface area contributed by atoms with Crippen molar-refractivity contribution >= 4 is 29.4 Å². The molecule has 0 bridgehead atoms. The van der Waals surface area contributed by atoms with Crippen molar-refractivity contribution < 1.29 is 4.79 Å². The van der Waals surface area contributed by atoms with Gasteiger partial charge in [0.2, 0.25) is 23.1 Å². The molecule has 0 fully saturated rings. The van der Waals surface area contributed by atoms with Crippen molar-refractivity contribution in [2.75, 3.05) is 37.9 Å². The molecule has 0 atom stereocenters. The summed E-state index contributed by atoms with van der Waals surface area (Å²) in [7, 11) is 5.08. The first kappa shape index (κ1) is 13.4. The number of nitrogens with zero attached hydrogens (tertiary/aromatic N) is 4. The molecule has 7 nitrogen and oxygen atoms in total. The predicted octanol–water partition coefficient (Wildman–Crippen LogP) is 0.139. The van der Waals surface area contributed by atoms with E-state index in [4.69, 9.17) is 11.6 Å². The van der Waals surface area contributed by atoms with Gasteiger partial charge >= 0.3 is 0 Å². The largest absolute Gasteiger partial charge is 0.359 e. The van der Waals surface area contributed by atoms with Crippen LogP contribution in [0.5, 0.6) is 0 Å². The van der Waals surface area contributed by atoms with Crippen LogP contribution < -0.4 is 15.5 Å². The Kier molecular flexibility index (Phi) is 4.89. The number of anilines is 2. The zero-order valence-corrected chi connectivity index (χ0v) is 10.7. The second kappa shape index (κ2) is 6.19. The highest BCUT2D eigenvalue weighted by Crippen LogP contribution is 2.12. The first-order chi connectivity index (χ1) is 8.06. The number of rotatable bonds is 5. The lowest BCUT2D eigenvalue weighted by atomic mass is 10.4. The molecular formula is C9H15ClN6O. The molecule has 0 spiro atoms. The molecule has 0 unspecified atom stereocenters. The summed E-state index contributed by atoms with van der Waals surface area (Å²) in [6.45, 7) is 0.503. The van der Waals surface area contributed by atoms with Crippen LogP contribution in [-0.4, -0.2) is 48.5 Å². The van der Waals surface area contributed by atoms with Gasteiger partial charge in [0, 0.05) is 34.1 Å². The standard InChI is InChI=1S/C9H15ClN6O/c1-11-6(17)4-5-16(3)9-14-7(10)13-8(12-2)15-9/h4-5H2,1-3H3,(H,11,17)(H,12,13,14,15). The Hall–Kier alpha value is -1.63. The fourth-order valence-electron chi connectivity index (χ4n) is 1.12. The molecular weight excluding hydrogens is 244 g/mol. The number of hydrogen-bond donors (Lipinski definition) is 2. The van der Waals surface area contributed by atoms with Gasteiger partial charge in [-0.3, -0.25) is 4.79 Å². The zero-order valence-electron chi connectivity index (χ0n) is 9.99. The van der Waals surface area contributed by atoms with E-state index in [0.717, 1.165) is 0 Å².